The minimum atomic E-state index is -1.03. The van der Waals surface area contributed by atoms with Crippen molar-refractivity contribution in [1.29, 1.82) is 0 Å². The zero-order valence-corrected chi connectivity index (χ0v) is 9.40. The molecule has 1 heterocycles. The smallest absolute Gasteiger partial charge is 0.308 e. The molecule has 1 aromatic rings. The highest BCUT2D eigenvalue weighted by molar-refractivity contribution is 5.86. The monoisotopic (exact) mass is 255 g/mol. The van der Waals surface area contributed by atoms with Gasteiger partial charge in [0.25, 0.3) is 0 Å². The zero-order valence-electron chi connectivity index (χ0n) is 9.40. The molecule has 18 heavy (non-hydrogen) atoms. The molecule has 1 saturated heterocycles. The molecule has 6 heteroatoms. The molecule has 0 aromatic heterocycles. The molecule has 1 aliphatic rings. The van der Waals surface area contributed by atoms with Gasteiger partial charge < -0.3 is 10.0 Å². The predicted octanol–water partition coefficient (Wildman–Crippen LogP) is 1.40. The van der Waals surface area contributed by atoms with E-state index in [1.165, 1.54) is 4.90 Å². The second-order valence-corrected chi connectivity index (χ2v) is 4.29. The summed E-state index contributed by atoms with van der Waals surface area (Å²) in [6.07, 6.45) is -0.0624. The number of carboxylic acid groups (broad SMARTS) is 1. The topological polar surface area (TPSA) is 57.6 Å². The fraction of sp³-hybridized carbons (Fsp3) is 0.333. The minimum Gasteiger partial charge on any atom is -0.481 e. The average molecular weight is 255 g/mol. The highest BCUT2D eigenvalue weighted by Crippen LogP contribution is 2.21. The Bertz CT molecular complexity index is 484. The number of benzene rings is 1. The molecule has 0 spiro atoms. The lowest BCUT2D eigenvalue weighted by Crippen LogP contribution is -2.25. The van der Waals surface area contributed by atoms with Gasteiger partial charge in [-0.15, -0.1) is 0 Å². The number of carbonyl (C=O) groups excluding carboxylic acids is 1. The first-order chi connectivity index (χ1) is 8.45. The number of hydrogen-bond donors (Lipinski definition) is 1. The molecule has 0 aliphatic carbocycles. The van der Waals surface area contributed by atoms with Crippen LogP contribution in [0.15, 0.2) is 18.2 Å². The summed E-state index contributed by atoms with van der Waals surface area (Å²) in [5.41, 5.74) is 0.312. The minimum absolute atomic E-state index is 0.0251. The van der Waals surface area contributed by atoms with Gasteiger partial charge in [0.15, 0.2) is 0 Å². The van der Waals surface area contributed by atoms with Gasteiger partial charge in [-0.25, -0.2) is 8.78 Å². The van der Waals surface area contributed by atoms with Crippen LogP contribution in [0.3, 0.4) is 0 Å². The van der Waals surface area contributed by atoms with Gasteiger partial charge in [-0.3, -0.25) is 9.59 Å². The number of amides is 1. The van der Waals surface area contributed by atoms with Crippen molar-refractivity contribution >= 4 is 11.9 Å². The van der Waals surface area contributed by atoms with Crippen molar-refractivity contribution in [2.45, 2.75) is 13.0 Å². The molecule has 1 amide bonds. The first-order valence-electron chi connectivity index (χ1n) is 5.41. The zero-order chi connectivity index (χ0) is 13.3. The van der Waals surface area contributed by atoms with Gasteiger partial charge >= 0.3 is 5.97 Å². The Balaban J connectivity index is 2.10. The van der Waals surface area contributed by atoms with Crippen molar-refractivity contribution < 1.29 is 23.5 Å². The lowest BCUT2D eigenvalue weighted by Gasteiger charge is -2.16. The van der Waals surface area contributed by atoms with E-state index in [9.17, 15) is 18.4 Å². The second kappa shape index (κ2) is 4.72. The molecule has 4 nitrogen and oxygen atoms in total. The van der Waals surface area contributed by atoms with Gasteiger partial charge in [0.2, 0.25) is 5.91 Å². The van der Waals surface area contributed by atoms with Crippen LogP contribution in [0.4, 0.5) is 8.78 Å². The number of halogens is 2. The number of rotatable bonds is 3. The summed E-state index contributed by atoms with van der Waals surface area (Å²) in [6, 6.07) is 3.00. The molecule has 0 unspecified atom stereocenters. The number of likely N-dealkylation sites (tertiary alicyclic amines) is 1. The van der Waals surface area contributed by atoms with E-state index in [0.29, 0.717) is 5.56 Å². The van der Waals surface area contributed by atoms with E-state index in [0.717, 1.165) is 18.2 Å². The summed E-state index contributed by atoms with van der Waals surface area (Å²) >= 11 is 0. The fourth-order valence-electron chi connectivity index (χ4n) is 2.01. The third-order valence-electron chi connectivity index (χ3n) is 2.86. The summed E-state index contributed by atoms with van der Waals surface area (Å²) in [4.78, 5) is 23.6. The van der Waals surface area contributed by atoms with Crippen LogP contribution in [0.5, 0.6) is 0 Å². The third-order valence-corrected chi connectivity index (χ3v) is 2.86. The fourth-order valence-corrected chi connectivity index (χ4v) is 2.01. The molecule has 1 aromatic carbocycles. The molecule has 1 atom stereocenters. The standard InChI is InChI=1S/C12H11F2NO3/c13-9-1-7(2-10(14)4-9)5-15-6-8(12(17)18)3-11(15)16/h1-2,4,8H,3,5-6H2,(H,17,18)/t8-/m1/s1. The summed E-state index contributed by atoms with van der Waals surface area (Å²) in [6.45, 7) is 0.101. The molecule has 1 N–H and O–H groups in total. The maximum absolute atomic E-state index is 13.0. The lowest BCUT2D eigenvalue weighted by atomic mass is 10.1. The number of hydrogen-bond acceptors (Lipinski definition) is 2. The average Bonchev–Trinajstić information content (AvgIpc) is 2.59. The Hall–Kier alpha value is -1.98. The van der Waals surface area contributed by atoms with E-state index in [4.69, 9.17) is 5.11 Å². The van der Waals surface area contributed by atoms with Gasteiger partial charge in [0.1, 0.15) is 11.6 Å². The first-order valence-corrected chi connectivity index (χ1v) is 5.41. The van der Waals surface area contributed by atoms with E-state index in [1.807, 2.05) is 0 Å². The molecule has 1 aliphatic heterocycles. The van der Waals surface area contributed by atoms with Crippen molar-refractivity contribution in [3.05, 3.63) is 35.4 Å². The van der Waals surface area contributed by atoms with E-state index >= 15 is 0 Å². The van der Waals surface area contributed by atoms with Crippen molar-refractivity contribution in [1.82, 2.24) is 4.90 Å². The van der Waals surface area contributed by atoms with Crippen LogP contribution in [-0.2, 0) is 16.1 Å². The van der Waals surface area contributed by atoms with Gasteiger partial charge in [0.05, 0.1) is 5.92 Å². The molecule has 0 saturated carbocycles. The molecule has 96 valence electrons. The summed E-state index contributed by atoms with van der Waals surface area (Å²) in [5, 5.41) is 8.80. The van der Waals surface area contributed by atoms with Crippen LogP contribution in [0.1, 0.15) is 12.0 Å². The van der Waals surface area contributed by atoms with Gasteiger partial charge in [0, 0.05) is 25.6 Å². The normalized spacial score (nSPS) is 19.3. The van der Waals surface area contributed by atoms with Crippen LogP contribution in [0, 0.1) is 17.6 Å². The molecule has 1 fully saturated rings. The van der Waals surface area contributed by atoms with Crippen LogP contribution < -0.4 is 0 Å². The molecule has 0 radical (unpaired) electrons. The highest BCUT2D eigenvalue weighted by atomic mass is 19.1. The van der Waals surface area contributed by atoms with Crippen LogP contribution in [0.25, 0.3) is 0 Å². The first kappa shape index (κ1) is 12.5. The van der Waals surface area contributed by atoms with E-state index in [1.54, 1.807) is 0 Å². The summed E-state index contributed by atoms with van der Waals surface area (Å²) in [5.74, 6) is -3.52. The van der Waals surface area contributed by atoms with E-state index < -0.39 is 23.5 Å². The van der Waals surface area contributed by atoms with E-state index in [-0.39, 0.29) is 25.4 Å². The van der Waals surface area contributed by atoms with Crippen LogP contribution >= 0.6 is 0 Å². The number of carbonyl (C=O) groups is 2. The maximum Gasteiger partial charge on any atom is 0.308 e. The van der Waals surface area contributed by atoms with Gasteiger partial charge in [-0.1, -0.05) is 0 Å². The summed E-state index contributed by atoms with van der Waals surface area (Å²) < 4.78 is 25.9. The second-order valence-electron chi connectivity index (χ2n) is 4.29. The predicted molar refractivity (Wildman–Crippen MR) is 57.5 cm³/mol. The molecule has 2 rings (SSSR count). The van der Waals surface area contributed by atoms with Crippen molar-refractivity contribution in [2.75, 3.05) is 6.54 Å². The van der Waals surface area contributed by atoms with Crippen molar-refractivity contribution in [3.63, 3.8) is 0 Å². The molecular weight excluding hydrogens is 244 g/mol. The molecular formula is C12H11F2NO3. The maximum atomic E-state index is 13.0. The van der Waals surface area contributed by atoms with Crippen molar-refractivity contribution in [3.8, 4) is 0 Å². The van der Waals surface area contributed by atoms with Crippen LogP contribution in [0.2, 0.25) is 0 Å². The Kier molecular flexibility index (Phi) is 3.27. The van der Waals surface area contributed by atoms with Gasteiger partial charge in [-0.05, 0) is 17.7 Å². The molecule has 0 bridgehead atoms. The Morgan fingerprint density at radius 2 is 1.94 bits per heavy atom. The Morgan fingerprint density at radius 1 is 1.33 bits per heavy atom. The lowest BCUT2D eigenvalue weighted by molar-refractivity contribution is -0.141. The highest BCUT2D eigenvalue weighted by Gasteiger charge is 2.34. The third kappa shape index (κ3) is 2.64. The number of nitrogens with zero attached hydrogens (tertiary/aromatic N) is 1. The number of carboxylic acids is 1. The SMILES string of the molecule is O=C(O)[C@@H]1CC(=O)N(Cc2cc(F)cc(F)c2)C1. The Labute approximate surface area is 102 Å². The van der Waals surface area contributed by atoms with Crippen LogP contribution in [-0.4, -0.2) is 28.4 Å². The van der Waals surface area contributed by atoms with Gasteiger partial charge in [-0.2, -0.15) is 0 Å². The quantitative estimate of drug-likeness (QED) is 0.888. The number of aliphatic carboxylic acids is 1. The van der Waals surface area contributed by atoms with E-state index in [2.05, 4.69) is 0 Å². The Morgan fingerprint density at radius 3 is 2.44 bits per heavy atom. The van der Waals surface area contributed by atoms with Crippen molar-refractivity contribution in [2.24, 2.45) is 5.92 Å². The summed E-state index contributed by atoms with van der Waals surface area (Å²) in [7, 11) is 0. The largest absolute Gasteiger partial charge is 0.481 e.